The van der Waals surface area contributed by atoms with Crippen molar-refractivity contribution in [1.29, 1.82) is 0 Å². The van der Waals surface area contributed by atoms with Gasteiger partial charge in [-0.1, -0.05) is 42.5 Å². The van der Waals surface area contributed by atoms with Gasteiger partial charge >= 0.3 is 11.9 Å². The van der Waals surface area contributed by atoms with E-state index in [0.717, 1.165) is 12.8 Å². The van der Waals surface area contributed by atoms with Gasteiger partial charge in [0.05, 0.1) is 23.1 Å². The zero-order chi connectivity index (χ0) is 30.4. The molecule has 0 spiro atoms. The van der Waals surface area contributed by atoms with Gasteiger partial charge in [0.25, 0.3) is 0 Å². The van der Waals surface area contributed by atoms with Gasteiger partial charge in [-0.05, 0) is 90.1 Å². The van der Waals surface area contributed by atoms with E-state index < -0.39 is 24.3 Å². The zero-order valence-corrected chi connectivity index (χ0v) is 24.3. The molecule has 4 aromatic rings. The summed E-state index contributed by atoms with van der Waals surface area (Å²) in [7, 11) is 0. The number of hydrogen-bond donors (Lipinski definition) is 0. The quantitative estimate of drug-likeness (QED) is 0.106. The fourth-order valence-corrected chi connectivity index (χ4v) is 7.73. The molecule has 3 fully saturated rings. The maximum absolute atomic E-state index is 13.7. The van der Waals surface area contributed by atoms with Crippen LogP contribution in [0.1, 0.15) is 54.7 Å². The van der Waals surface area contributed by atoms with Crippen LogP contribution in [0.15, 0.2) is 96.4 Å². The number of carbonyl (C=O) groups excluding carboxylic acids is 5. The summed E-state index contributed by atoms with van der Waals surface area (Å²) in [6.45, 7) is -0.507. The Morgan fingerprint density at radius 3 is 2.30 bits per heavy atom. The van der Waals surface area contributed by atoms with Gasteiger partial charge in [-0.2, -0.15) is 0 Å². The normalized spacial score (nSPS) is 23.5. The van der Waals surface area contributed by atoms with Crippen LogP contribution in [0.2, 0.25) is 0 Å². The van der Waals surface area contributed by atoms with E-state index in [4.69, 9.17) is 9.47 Å². The van der Waals surface area contributed by atoms with Crippen LogP contribution < -0.4 is 9.64 Å². The molecule has 44 heavy (non-hydrogen) atoms. The number of imide groups is 1. The molecule has 2 heterocycles. The number of nitrogens with zero attached hydrogens (tertiary/aromatic N) is 1. The van der Waals surface area contributed by atoms with Crippen molar-refractivity contribution in [2.75, 3.05) is 11.5 Å². The van der Waals surface area contributed by atoms with Crippen LogP contribution in [0.5, 0.6) is 5.75 Å². The van der Waals surface area contributed by atoms with E-state index in [9.17, 15) is 24.0 Å². The fourth-order valence-electron chi connectivity index (χ4n) is 7.13. The van der Waals surface area contributed by atoms with Crippen LogP contribution in [0.25, 0.3) is 0 Å². The Kier molecular flexibility index (Phi) is 7.18. The average Bonchev–Trinajstić information content (AvgIpc) is 3.85. The van der Waals surface area contributed by atoms with Crippen molar-refractivity contribution in [2.24, 2.45) is 23.7 Å². The van der Waals surface area contributed by atoms with E-state index in [1.807, 2.05) is 18.2 Å². The lowest BCUT2D eigenvalue weighted by Gasteiger charge is -2.28. The highest BCUT2D eigenvalue weighted by atomic mass is 32.1. The average molecular weight is 606 g/mol. The summed E-state index contributed by atoms with van der Waals surface area (Å²) < 4.78 is 10.6. The number of benzene rings is 3. The molecule has 9 heteroatoms. The molecule has 2 saturated carbocycles. The van der Waals surface area contributed by atoms with E-state index in [1.165, 1.54) is 58.2 Å². The Bertz CT molecular complexity index is 1770. The number of rotatable bonds is 8. The third kappa shape index (κ3) is 4.93. The van der Waals surface area contributed by atoms with E-state index in [-0.39, 0.29) is 58.3 Å². The molecule has 2 bridgehead atoms. The molecule has 3 aliphatic rings. The maximum atomic E-state index is 13.7. The van der Waals surface area contributed by atoms with Gasteiger partial charge < -0.3 is 9.47 Å². The predicted octanol–water partition coefficient (Wildman–Crippen LogP) is 5.94. The SMILES string of the molecule is O=C(COC(=O)c1cccc(N2C(=O)[C@H]3[C@@H]4C[C@@H]([C@@H]3C2=O)[C@H](c2ccccc2)C4)c1)c1ccc(OC(=O)c2cccs2)cc1. The molecule has 5 atom stereocenters. The Labute approximate surface area is 257 Å². The van der Waals surface area contributed by atoms with Crippen molar-refractivity contribution < 1.29 is 33.4 Å². The Morgan fingerprint density at radius 1 is 0.773 bits per heavy atom. The van der Waals surface area contributed by atoms with E-state index in [1.54, 1.807) is 29.6 Å². The standard InChI is InChI=1S/C35H27NO7S/c37-28(21-11-13-25(14-12-21)43-35(41)29-10-5-15-44-29)19-42-34(40)22-8-4-9-24(16-22)36-32(38)30-23-17-26(20-6-2-1-3-7-20)27(18-23)31(30)33(36)39/h1-16,23,26-27,30-31H,17-19H2/t23-,26-,27+,30-,31-/m0/s1. The summed E-state index contributed by atoms with van der Waals surface area (Å²) >= 11 is 1.27. The van der Waals surface area contributed by atoms with Gasteiger partial charge in [-0.15, -0.1) is 11.3 Å². The molecule has 0 unspecified atom stereocenters. The van der Waals surface area contributed by atoms with Crippen LogP contribution >= 0.6 is 11.3 Å². The minimum Gasteiger partial charge on any atom is -0.454 e. The second-order valence-electron chi connectivity index (χ2n) is 11.4. The molecule has 3 aromatic carbocycles. The molecule has 0 N–H and O–H groups in total. The number of fused-ring (bicyclic) bond motifs is 5. The number of hydrogen-bond acceptors (Lipinski definition) is 8. The van der Waals surface area contributed by atoms with Gasteiger partial charge in [-0.3, -0.25) is 19.3 Å². The van der Waals surface area contributed by atoms with Crippen LogP contribution in [0, 0.1) is 23.7 Å². The summed E-state index contributed by atoms with van der Waals surface area (Å²) in [4.78, 5) is 66.6. The maximum Gasteiger partial charge on any atom is 0.353 e. The molecule has 220 valence electrons. The molecule has 1 aromatic heterocycles. The van der Waals surface area contributed by atoms with Crippen LogP contribution in [0.4, 0.5) is 5.69 Å². The second kappa shape index (κ2) is 11.3. The van der Waals surface area contributed by atoms with Crippen molar-refractivity contribution in [3.05, 3.63) is 118 Å². The molecule has 2 aliphatic carbocycles. The third-order valence-electron chi connectivity index (χ3n) is 9.03. The third-order valence-corrected chi connectivity index (χ3v) is 9.88. The van der Waals surface area contributed by atoms with Crippen LogP contribution in [-0.2, 0) is 14.3 Å². The lowest BCUT2D eigenvalue weighted by Crippen LogP contribution is -2.33. The highest BCUT2D eigenvalue weighted by Crippen LogP contribution is 2.61. The fraction of sp³-hybridized carbons (Fsp3) is 0.229. The summed E-state index contributed by atoms with van der Waals surface area (Å²) in [6.07, 6.45) is 1.77. The van der Waals surface area contributed by atoms with Crippen molar-refractivity contribution in [3.63, 3.8) is 0 Å². The first-order valence-corrected chi connectivity index (χ1v) is 15.4. The van der Waals surface area contributed by atoms with Crippen molar-refractivity contribution in [1.82, 2.24) is 0 Å². The highest BCUT2D eigenvalue weighted by Gasteiger charge is 2.64. The summed E-state index contributed by atoms with van der Waals surface area (Å²) in [6, 6.07) is 25.8. The zero-order valence-electron chi connectivity index (χ0n) is 23.5. The Balaban J connectivity index is 0.991. The number of esters is 2. The highest BCUT2D eigenvalue weighted by molar-refractivity contribution is 7.12. The molecule has 1 saturated heterocycles. The molecular formula is C35H27NO7S. The minimum absolute atomic E-state index is 0.120. The number of amides is 2. The first-order valence-electron chi connectivity index (χ1n) is 14.5. The van der Waals surface area contributed by atoms with Crippen LogP contribution in [0.3, 0.4) is 0 Å². The molecule has 7 rings (SSSR count). The Hall–Kier alpha value is -4.89. The summed E-state index contributed by atoms with van der Waals surface area (Å²) in [5, 5.41) is 1.77. The van der Waals surface area contributed by atoms with Gasteiger partial charge in [0, 0.05) is 5.56 Å². The number of ketones is 1. The minimum atomic E-state index is -0.745. The van der Waals surface area contributed by atoms with E-state index in [2.05, 4.69) is 12.1 Å². The topological polar surface area (TPSA) is 107 Å². The lowest BCUT2D eigenvalue weighted by molar-refractivity contribution is -0.123. The smallest absolute Gasteiger partial charge is 0.353 e. The van der Waals surface area contributed by atoms with Crippen LogP contribution in [-0.4, -0.2) is 36.1 Å². The number of Topliss-reactive ketones (excluding diaryl/α,β-unsaturated/α-hetero) is 1. The summed E-state index contributed by atoms with van der Waals surface area (Å²) in [5.41, 5.74) is 1.96. The Morgan fingerprint density at radius 2 is 1.55 bits per heavy atom. The largest absolute Gasteiger partial charge is 0.454 e. The summed E-state index contributed by atoms with van der Waals surface area (Å²) in [5.74, 6) is -1.94. The number of carbonyl (C=O) groups is 5. The van der Waals surface area contributed by atoms with Gasteiger partial charge in [0.15, 0.2) is 12.4 Å². The first kappa shape index (κ1) is 27.9. The molecule has 8 nitrogen and oxygen atoms in total. The molecule has 0 radical (unpaired) electrons. The molecular weight excluding hydrogens is 578 g/mol. The number of thiophene rings is 1. The van der Waals surface area contributed by atoms with Gasteiger partial charge in [0.2, 0.25) is 11.8 Å². The predicted molar refractivity (Wildman–Crippen MR) is 162 cm³/mol. The first-order chi connectivity index (χ1) is 21.4. The number of ether oxygens (including phenoxy) is 2. The van der Waals surface area contributed by atoms with Crippen molar-refractivity contribution in [2.45, 2.75) is 18.8 Å². The lowest BCUT2D eigenvalue weighted by atomic mass is 9.73. The van der Waals surface area contributed by atoms with E-state index >= 15 is 0 Å². The molecule has 2 amide bonds. The monoisotopic (exact) mass is 605 g/mol. The van der Waals surface area contributed by atoms with E-state index in [0.29, 0.717) is 10.6 Å². The number of anilines is 1. The second-order valence-corrected chi connectivity index (χ2v) is 12.4. The van der Waals surface area contributed by atoms with Crippen molar-refractivity contribution >= 4 is 46.6 Å². The van der Waals surface area contributed by atoms with Gasteiger partial charge in [0.1, 0.15) is 10.6 Å². The van der Waals surface area contributed by atoms with Gasteiger partial charge in [-0.25, -0.2) is 9.59 Å². The molecule has 1 aliphatic heterocycles. The van der Waals surface area contributed by atoms with Crippen molar-refractivity contribution in [3.8, 4) is 5.75 Å².